The highest BCUT2D eigenvalue weighted by atomic mass is 32.2. The number of thiophene rings is 1. The van der Waals surface area contributed by atoms with E-state index in [0.717, 1.165) is 15.5 Å². The normalized spacial score (nSPS) is 11.3. The van der Waals surface area contributed by atoms with Crippen LogP contribution in [0.4, 0.5) is 0 Å². The first-order chi connectivity index (χ1) is 13.9. The molecule has 1 aromatic heterocycles. The van der Waals surface area contributed by atoms with Crippen LogP contribution in [0.1, 0.15) is 20.8 Å². The van der Waals surface area contributed by atoms with Gasteiger partial charge in [-0.25, -0.2) is 13.1 Å². The smallest absolute Gasteiger partial charge is 0.251 e. The summed E-state index contributed by atoms with van der Waals surface area (Å²) in [7, 11) is -3.61. The van der Waals surface area contributed by atoms with Crippen molar-refractivity contribution >= 4 is 39.0 Å². The molecule has 2 N–H and O–H groups in total. The van der Waals surface area contributed by atoms with Crippen LogP contribution in [0.15, 0.2) is 75.8 Å². The van der Waals surface area contributed by atoms with Crippen molar-refractivity contribution in [2.75, 3.05) is 12.3 Å². The third-order valence-corrected chi connectivity index (χ3v) is 7.43. The Bertz CT molecular complexity index is 1030. The Morgan fingerprint density at radius 3 is 2.41 bits per heavy atom. The van der Waals surface area contributed by atoms with Gasteiger partial charge in [-0.05, 0) is 54.8 Å². The van der Waals surface area contributed by atoms with Gasteiger partial charge in [0.1, 0.15) is 0 Å². The third kappa shape index (κ3) is 6.43. The third-order valence-electron chi connectivity index (χ3n) is 4.12. The minimum absolute atomic E-state index is 0.139. The Hall–Kier alpha value is -2.13. The molecule has 5 nitrogen and oxygen atoms in total. The summed E-state index contributed by atoms with van der Waals surface area (Å²) >= 11 is 3.17. The first kappa shape index (κ1) is 21.6. The fraction of sp³-hybridized carbons (Fsp3) is 0.190. The highest BCUT2D eigenvalue weighted by Crippen LogP contribution is 2.17. The van der Waals surface area contributed by atoms with E-state index in [1.54, 1.807) is 11.8 Å². The Labute approximate surface area is 179 Å². The minimum Gasteiger partial charge on any atom is -0.351 e. The van der Waals surface area contributed by atoms with Gasteiger partial charge in [0.25, 0.3) is 5.91 Å². The summed E-state index contributed by atoms with van der Waals surface area (Å²) < 4.78 is 27.3. The number of carbonyl (C=O) groups excluding carboxylic acids is 1. The van der Waals surface area contributed by atoms with E-state index < -0.39 is 10.0 Å². The second kappa shape index (κ2) is 10.1. The monoisotopic (exact) mass is 446 g/mol. The minimum atomic E-state index is -3.61. The molecule has 0 aliphatic carbocycles. The summed E-state index contributed by atoms with van der Waals surface area (Å²) in [6, 6.07) is 18.0. The number of carbonyl (C=O) groups is 1. The van der Waals surface area contributed by atoms with Crippen LogP contribution in [0.2, 0.25) is 0 Å². The number of rotatable bonds is 9. The van der Waals surface area contributed by atoms with Crippen molar-refractivity contribution in [2.24, 2.45) is 0 Å². The van der Waals surface area contributed by atoms with Crippen molar-refractivity contribution in [3.05, 3.63) is 82.0 Å². The first-order valence-corrected chi connectivity index (χ1v) is 12.4. The molecule has 0 spiro atoms. The fourth-order valence-electron chi connectivity index (χ4n) is 2.52. The molecule has 152 valence electrons. The number of aryl methyl sites for hydroxylation is 1. The zero-order chi connectivity index (χ0) is 20.7. The van der Waals surface area contributed by atoms with E-state index in [-0.39, 0.29) is 17.3 Å². The maximum atomic E-state index is 12.4. The molecule has 0 bridgehead atoms. The van der Waals surface area contributed by atoms with Crippen molar-refractivity contribution in [1.29, 1.82) is 0 Å². The number of nitrogens with one attached hydrogen (secondary N) is 2. The number of hydrogen-bond acceptors (Lipinski definition) is 5. The van der Waals surface area contributed by atoms with Crippen LogP contribution in [0, 0.1) is 6.92 Å². The van der Waals surface area contributed by atoms with Gasteiger partial charge < -0.3 is 5.32 Å². The van der Waals surface area contributed by atoms with Gasteiger partial charge in [-0.1, -0.05) is 23.8 Å². The predicted molar refractivity (Wildman–Crippen MR) is 119 cm³/mol. The summed E-state index contributed by atoms with van der Waals surface area (Å²) in [5.74, 6) is 0.540. The van der Waals surface area contributed by atoms with Gasteiger partial charge in [0.2, 0.25) is 10.0 Å². The topological polar surface area (TPSA) is 75.3 Å². The summed E-state index contributed by atoms with van der Waals surface area (Å²) in [5, 5.41) is 4.76. The average molecular weight is 447 g/mol. The van der Waals surface area contributed by atoms with Crippen LogP contribution >= 0.6 is 23.1 Å². The number of amides is 1. The lowest BCUT2D eigenvalue weighted by Crippen LogP contribution is -2.26. The van der Waals surface area contributed by atoms with Crippen LogP contribution in [-0.2, 0) is 16.6 Å². The van der Waals surface area contributed by atoms with E-state index in [4.69, 9.17) is 0 Å². The van der Waals surface area contributed by atoms with Crippen LogP contribution in [0.3, 0.4) is 0 Å². The van der Waals surface area contributed by atoms with Gasteiger partial charge >= 0.3 is 0 Å². The van der Waals surface area contributed by atoms with Gasteiger partial charge in [0.15, 0.2) is 0 Å². The summed E-state index contributed by atoms with van der Waals surface area (Å²) in [6.45, 7) is 2.83. The molecule has 29 heavy (non-hydrogen) atoms. The number of thioether (sulfide) groups is 1. The molecule has 0 saturated carbocycles. The van der Waals surface area contributed by atoms with E-state index in [0.29, 0.717) is 12.1 Å². The lowest BCUT2D eigenvalue weighted by molar-refractivity contribution is 0.0956. The summed E-state index contributed by atoms with van der Waals surface area (Å²) in [4.78, 5) is 14.5. The van der Waals surface area contributed by atoms with Crippen molar-refractivity contribution in [2.45, 2.75) is 23.3 Å². The Kier molecular flexibility index (Phi) is 7.49. The van der Waals surface area contributed by atoms with E-state index in [2.05, 4.69) is 34.3 Å². The molecule has 0 unspecified atom stereocenters. The standard InChI is InChI=1S/C21H22N2O3S3/c1-16-4-8-18(9-5-16)28-14-12-22-21(24)17-6-10-20(11-7-17)29(25,26)23-15-19-3-2-13-27-19/h2-11,13,23H,12,14-15H2,1H3,(H,22,24). The molecule has 0 aliphatic heterocycles. The predicted octanol–water partition coefficient (Wildman–Crippen LogP) is 4.06. The molecular weight excluding hydrogens is 424 g/mol. The average Bonchev–Trinajstić information content (AvgIpc) is 3.25. The molecule has 0 atom stereocenters. The number of benzene rings is 2. The van der Waals surface area contributed by atoms with Crippen molar-refractivity contribution < 1.29 is 13.2 Å². The van der Waals surface area contributed by atoms with Gasteiger partial charge in [0, 0.05) is 34.2 Å². The molecule has 0 radical (unpaired) electrons. The molecule has 0 fully saturated rings. The van der Waals surface area contributed by atoms with Gasteiger partial charge in [0.05, 0.1) is 4.90 Å². The first-order valence-electron chi connectivity index (χ1n) is 9.04. The molecule has 3 aromatic rings. The molecule has 8 heteroatoms. The van der Waals surface area contributed by atoms with Crippen molar-refractivity contribution in [1.82, 2.24) is 10.0 Å². The highest BCUT2D eigenvalue weighted by Gasteiger charge is 2.15. The maximum Gasteiger partial charge on any atom is 0.251 e. The second-order valence-corrected chi connectivity index (χ2v) is 10.3. The van der Waals surface area contributed by atoms with Crippen molar-refractivity contribution in [3.63, 3.8) is 0 Å². The highest BCUT2D eigenvalue weighted by molar-refractivity contribution is 7.99. The summed E-state index contributed by atoms with van der Waals surface area (Å²) in [5.41, 5.74) is 1.65. The lowest BCUT2D eigenvalue weighted by Gasteiger charge is -2.08. The zero-order valence-corrected chi connectivity index (χ0v) is 18.4. The molecule has 1 amide bonds. The maximum absolute atomic E-state index is 12.4. The number of sulfonamides is 1. The van der Waals surface area contributed by atoms with E-state index in [1.807, 2.05) is 24.4 Å². The molecule has 1 heterocycles. The molecular formula is C21H22N2O3S3. The van der Waals surface area contributed by atoms with E-state index in [1.165, 1.54) is 41.2 Å². The Morgan fingerprint density at radius 2 is 1.76 bits per heavy atom. The Morgan fingerprint density at radius 1 is 1.03 bits per heavy atom. The molecule has 2 aromatic carbocycles. The molecule has 0 saturated heterocycles. The quantitative estimate of drug-likeness (QED) is 0.384. The van der Waals surface area contributed by atoms with Crippen molar-refractivity contribution in [3.8, 4) is 0 Å². The molecule has 3 rings (SSSR count). The fourth-order valence-corrected chi connectivity index (χ4v) is 5.03. The van der Waals surface area contributed by atoms with Gasteiger partial charge in [-0.3, -0.25) is 4.79 Å². The van der Waals surface area contributed by atoms with Crippen LogP contribution in [-0.4, -0.2) is 26.6 Å². The SMILES string of the molecule is Cc1ccc(SCCNC(=O)c2ccc(S(=O)(=O)NCc3cccs3)cc2)cc1. The second-order valence-electron chi connectivity index (χ2n) is 6.35. The lowest BCUT2D eigenvalue weighted by atomic mass is 10.2. The van der Waals surface area contributed by atoms with Gasteiger partial charge in [-0.2, -0.15) is 0 Å². The van der Waals surface area contributed by atoms with Crippen LogP contribution < -0.4 is 10.0 Å². The summed E-state index contributed by atoms with van der Waals surface area (Å²) in [6.07, 6.45) is 0. The van der Waals surface area contributed by atoms with E-state index >= 15 is 0 Å². The van der Waals surface area contributed by atoms with Crippen LogP contribution in [0.25, 0.3) is 0 Å². The van der Waals surface area contributed by atoms with E-state index in [9.17, 15) is 13.2 Å². The van der Waals surface area contributed by atoms with Gasteiger partial charge in [-0.15, -0.1) is 23.1 Å². The zero-order valence-electron chi connectivity index (χ0n) is 15.9. The molecule has 0 aliphatic rings. The Balaban J connectivity index is 1.48. The number of hydrogen-bond donors (Lipinski definition) is 2. The van der Waals surface area contributed by atoms with Crippen LogP contribution in [0.5, 0.6) is 0 Å². The largest absolute Gasteiger partial charge is 0.351 e.